The van der Waals surface area contributed by atoms with Gasteiger partial charge in [0.1, 0.15) is 5.75 Å². The van der Waals surface area contributed by atoms with Gasteiger partial charge in [-0.15, -0.1) is 0 Å². The van der Waals surface area contributed by atoms with Gasteiger partial charge in [0.05, 0.1) is 7.11 Å². The van der Waals surface area contributed by atoms with Gasteiger partial charge >= 0.3 is 73.1 Å². The van der Waals surface area contributed by atoms with Gasteiger partial charge in [-0.2, -0.15) is 0 Å². The van der Waals surface area contributed by atoms with E-state index >= 15 is 0 Å². The van der Waals surface area contributed by atoms with Gasteiger partial charge in [0.2, 0.25) is 0 Å². The topological polar surface area (TPSA) is 9.23 Å². The molecule has 25 heavy (non-hydrogen) atoms. The van der Waals surface area contributed by atoms with E-state index in [2.05, 4.69) is 0 Å². The summed E-state index contributed by atoms with van der Waals surface area (Å²) in [5.41, 5.74) is 1.18. The maximum atomic E-state index is 9.75. The Balaban J connectivity index is -0.000000122. The number of para-hydroxylation sites is 1. The summed E-state index contributed by atoms with van der Waals surface area (Å²) in [5.74, 6) is 0.956. The molecule has 0 aliphatic rings. The number of hydrogen-bond donors (Lipinski definition) is 0. The van der Waals surface area contributed by atoms with Crippen LogP contribution in [0.15, 0.2) is 24.3 Å². The van der Waals surface area contributed by atoms with Crippen LogP contribution in [0.5, 0.6) is 5.75 Å². The molecule has 1 aromatic rings. The molecule has 0 bridgehead atoms. The number of methoxy groups -OCH3 is 1. The second kappa shape index (κ2) is 15.1. The Morgan fingerprint density at radius 1 is 0.640 bits per heavy atom. The van der Waals surface area contributed by atoms with Crippen molar-refractivity contribution < 1.29 is 56.5 Å². The molecule has 0 saturated heterocycles. The van der Waals surface area contributed by atoms with E-state index in [-0.39, 0.29) is 51.4 Å². The van der Waals surface area contributed by atoms with Crippen molar-refractivity contribution in [1.29, 1.82) is 0 Å². The molecule has 0 heterocycles. The second-order valence-electron chi connectivity index (χ2n) is 3.45. The fourth-order valence-corrected chi connectivity index (χ4v) is 0.785. The summed E-state index contributed by atoms with van der Waals surface area (Å²) in [6.45, 7) is 2.03. The van der Waals surface area contributed by atoms with Crippen molar-refractivity contribution in [2.45, 2.75) is 6.92 Å². The molecule has 1 aromatic carbocycles. The van der Waals surface area contributed by atoms with Gasteiger partial charge in [0.15, 0.2) is 0 Å². The van der Waals surface area contributed by atoms with Crippen molar-refractivity contribution in [1.82, 2.24) is 0 Å². The molecule has 1 nitrogen and oxygen atoms in total. The minimum absolute atomic E-state index is 0. The molecule has 0 radical (unpaired) electrons. The molecule has 0 atom stereocenters. The number of aryl methyl sites for hydroxylation is 1. The number of hydrogen-bond acceptors (Lipinski definition) is 1. The Kier molecular flexibility index (Phi) is 19.7. The summed E-state index contributed by atoms with van der Waals surface area (Å²) >= 11 is 0. The first-order valence-electron chi connectivity index (χ1n) is 5.56. The molecule has 0 aliphatic carbocycles. The quantitative estimate of drug-likeness (QED) is 0.443. The van der Waals surface area contributed by atoms with Gasteiger partial charge in [-0.25, -0.2) is 0 Å². The van der Waals surface area contributed by atoms with Gasteiger partial charge < -0.3 is 56.5 Å². The fraction of sp³-hybridized carbons (Fsp3) is 0.250. The van der Waals surface area contributed by atoms with Gasteiger partial charge in [-0.3, -0.25) is 0 Å². The van der Waals surface area contributed by atoms with Crippen molar-refractivity contribution in [3.8, 4) is 5.75 Å². The van der Waals surface area contributed by atoms with E-state index in [0.717, 1.165) is 5.75 Å². The Bertz CT molecular complexity index is 389. The Labute approximate surface area is 178 Å². The summed E-state index contributed by atoms with van der Waals surface area (Å²) in [5, 5.41) is 0. The van der Waals surface area contributed by atoms with E-state index in [9.17, 15) is 51.8 Å². The van der Waals surface area contributed by atoms with Crippen molar-refractivity contribution in [3.63, 3.8) is 0 Å². The van der Waals surface area contributed by atoms with Crippen LogP contribution in [-0.2, 0) is 0 Å². The predicted molar refractivity (Wildman–Crippen MR) is 75.4 cm³/mol. The molecule has 0 aliphatic heterocycles. The molecule has 146 valence electrons. The van der Waals surface area contributed by atoms with Crippen molar-refractivity contribution in [2.24, 2.45) is 0 Å². The standard InChI is InChI=1S/C8H10O.3BF4.K.H/c1-7-5-3-4-6-8(7)9-2;3*2-1(3,4)5;;/h3-6H,1-2H3;;;;;/q;3*-1;;. The molecule has 0 fully saturated rings. The van der Waals surface area contributed by atoms with Crippen LogP contribution in [0.4, 0.5) is 51.8 Å². The number of rotatable bonds is 1. The third kappa shape index (κ3) is 68.7. The van der Waals surface area contributed by atoms with E-state index in [1.165, 1.54) is 5.56 Å². The van der Waals surface area contributed by atoms with Crippen LogP contribution in [0.3, 0.4) is 0 Å². The Morgan fingerprint density at radius 3 is 1.04 bits per heavy atom. The monoisotopic (exact) mass is 423 g/mol. The molecule has 0 spiro atoms. The summed E-state index contributed by atoms with van der Waals surface area (Å²) in [4.78, 5) is 0. The van der Waals surface area contributed by atoms with Crippen LogP contribution in [0.2, 0.25) is 0 Å². The maximum absolute atomic E-state index is 9.75. The van der Waals surface area contributed by atoms with E-state index in [1.807, 2.05) is 31.2 Å². The molecule has 17 heteroatoms. The van der Waals surface area contributed by atoms with Gasteiger partial charge in [-0.05, 0) is 18.6 Å². The van der Waals surface area contributed by atoms with Crippen molar-refractivity contribution in [3.05, 3.63) is 29.8 Å². The molecular formula is C8H11B3F12KO-3. The normalized spacial score (nSPS) is 10.5. The average molecular weight is 423 g/mol. The average Bonchev–Trinajstić information content (AvgIpc) is 2.22. The summed E-state index contributed by atoms with van der Waals surface area (Å²) in [6.07, 6.45) is 0. The van der Waals surface area contributed by atoms with Gasteiger partial charge in [0.25, 0.3) is 0 Å². The first-order valence-corrected chi connectivity index (χ1v) is 5.56. The van der Waals surface area contributed by atoms with E-state index in [1.54, 1.807) is 7.11 Å². The van der Waals surface area contributed by atoms with Crippen LogP contribution in [0.1, 0.15) is 5.56 Å². The SMILES string of the molecule is COc1ccccc1C.F[B-](F)(F)F.F[B-](F)(F)F.F[B-](F)(F)F.[KH]. The molecular weight excluding hydrogens is 412 g/mol. The molecule has 1 rings (SSSR count). The first-order chi connectivity index (χ1) is 10.3. The van der Waals surface area contributed by atoms with E-state index in [4.69, 9.17) is 4.74 Å². The van der Waals surface area contributed by atoms with Crippen LogP contribution < -0.4 is 4.74 Å². The second-order valence-corrected chi connectivity index (χ2v) is 3.45. The molecule has 0 saturated carbocycles. The van der Waals surface area contributed by atoms with Crippen LogP contribution >= 0.6 is 0 Å². The summed E-state index contributed by atoms with van der Waals surface area (Å²) in [7, 11) is -16.3. The number of halogens is 12. The number of ether oxygens (including phenoxy) is 1. The predicted octanol–water partition coefficient (Wildman–Crippen LogP) is 5.26. The van der Waals surface area contributed by atoms with Crippen LogP contribution in [0.25, 0.3) is 0 Å². The Morgan fingerprint density at radius 2 is 0.880 bits per heavy atom. The third-order valence-electron chi connectivity index (χ3n) is 1.31. The van der Waals surface area contributed by atoms with Crippen molar-refractivity contribution >= 4 is 73.1 Å². The zero-order valence-electron chi connectivity index (χ0n) is 12.0. The van der Waals surface area contributed by atoms with Crippen molar-refractivity contribution in [2.75, 3.05) is 7.11 Å². The first kappa shape index (κ1) is 32.7. The van der Waals surface area contributed by atoms with E-state index < -0.39 is 21.8 Å². The zero-order chi connectivity index (χ0) is 20.2. The van der Waals surface area contributed by atoms with Crippen LogP contribution in [-0.4, -0.2) is 80.3 Å². The van der Waals surface area contributed by atoms with Crippen LogP contribution in [0, 0.1) is 6.92 Å². The zero-order valence-corrected chi connectivity index (χ0v) is 12.0. The molecule has 0 N–H and O–H groups in total. The summed E-state index contributed by atoms with van der Waals surface area (Å²) < 4.78 is 122. The molecule has 0 unspecified atom stereocenters. The fourth-order valence-electron chi connectivity index (χ4n) is 0.785. The Hall–Kier alpha value is 0.0112. The molecule has 0 aromatic heterocycles. The summed E-state index contributed by atoms with van der Waals surface area (Å²) in [6, 6.07) is 7.94. The number of benzene rings is 1. The van der Waals surface area contributed by atoms with Gasteiger partial charge in [0, 0.05) is 0 Å². The minimum atomic E-state index is -6.00. The van der Waals surface area contributed by atoms with E-state index in [0.29, 0.717) is 0 Å². The molecule has 0 amide bonds. The third-order valence-corrected chi connectivity index (χ3v) is 1.31. The van der Waals surface area contributed by atoms with Gasteiger partial charge in [-0.1, -0.05) is 18.2 Å².